The highest BCUT2D eigenvalue weighted by molar-refractivity contribution is 7.15. The van der Waals surface area contributed by atoms with E-state index in [9.17, 15) is 4.79 Å². The highest BCUT2D eigenvalue weighted by Gasteiger charge is 2.19. The van der Waals surface area contributed by atoms with Gasteiger partial charge in [-0.2, -0.15) is 5.10 Å². The first kappa shape index (κ1) is 15.4. The normalized spacial score (nSPS) is 10.7. The van der Waals surface area contributed by atoms with Gasteiger partial charge in [-0.05, 0) is 26.3 Å². The number of hydrogen-bond donors (Lipinski definition) is 1. The number of hydrogen-bond acceptors (Lipinski definition) is 5. The standard InChI is InChI=1S/C16H17N5OS/c1-10-14(15(22)17-16-19-18-12(3)23-16)11(2)21(20-10)9-13-7-5-4-6-8-13/h4-8H,9H2,1-3H3,(H,17,19,22). The molecule has 0 saturated heterocycles. The van der Waals surface area contributed by atoms with Gasteiger partial charge in [-0.25, -0.2) is 0 Å². The number of carbonyl (C=O) groups is 1. The number of anilines is 1. The fraction of sp³-hybridized carbons (Fsp3) is 0.250. The van der Waals surface area contributed by atoms with Crippen LogP contribution in [-0.2, 0) is 6.54 Å². The van der Waals surface area contributed by atoms with Crippen LogP contribution in [0.2, 0.25) is 0 Å². The molecular weight excluding hydrogens is 310 g/mol. The fourth-order valence-corrected chi connectivity index (χ4v) is 3.03. The van der Waals surface area contributed by atoms with Crippen molar-refractivity contribution in [2.24, 2.45) is 0 Å². The molecule has 0 radical (unpaired) electrons. The molecule has 1 N–H and O–H groups in total. The third kappa shape index (κ3) is 3.29. The van der Waals surface area contributed by atoms with E-state index in [0.29, 0.717) is 22.9 Å². The summed E-state index contributed by atoms with van der Waals surface area (Å²) in [7, 11) is 0. The molecule has 0 spiro atoms. The predicted molar refractivity (Wildman–Crippen MR) is 89.8 cm³/mol. The molecule has 3 rings (SSSR count). The summed E-state index contributed by atoms with van der Waals surface area (Å²) >= 11 is 1.35. The van der Waals surface area contributed by atoms with Crippen LogP contribution in [0.4, 0.5) is 5.13 Å². The van der Waals surface area contributed by atoms with Crippen LogP contribution < -0.4 is 5.32 Å². The van der Waals surface area contributed by atoms with E-state index in [-0.39, 0.29) is 5.91 Å². The fourth-order valence-electron chi connectivity index (χ4n) is 2.44. The van der Waals surface area contributed by atoms with Gasteiger partial charge in [0.25, 0.3) is 5.91 Å². The summed E-state index contributed by atoms with van der Waals surface area (Å²) in [4.78, 5) is 12.5. The van der Waals surface area contributed by atoms with Crippen LogP contribution in [0, 0.1) is 20.8 Å². The molecule has 1 aromatic carbocycles. The Morgan fingerprint density at radius 1 is 1.17 bits per heavy atom. The number of amides is 1. The van der Waals surface area contributed by atoms with Gasteiger partial charge in [0.05, 0.1) is 17.8 Å². The number of nitrogens with one attached hydrogen (secondary N) is 1. The molecular formula is C16H17N5OS. The van der Waals surface area contributed by atoms with Crippen molar-refractivity contribution >= 4 is 22.4 Å². The van der Waals surface area contributed by atoms with Crippen molar-refractivity contribution in [1.82, 2.24) is 20.0 Å². The van der Waals surface area contributed by atoms with Crippen molar-refractivity contribution in [1.29, 1.82) is 0 Å². The lowest BCUT2D eigenvalue weighted by Crippen LogP contribution is -2.14. The Bertz CT molecular complexity index is 838. The third-order valence-electron chi connectivity index (χ3n) is 3.53. The Morgan fingerprint density at radius 2 is 1.91 bits per heavy atom. The number of carbonyl (C=O) groups excluding carboxylic acids is 1. The molecule has 7 heteroatoms. The average Bonchev–Trinajstić information content (AvgIpc) is 3.04. The summed E-state index contributed by atoms with van der Waals surface area (Å²) in [6.07, 6.45) is 0. The second kappa shape index (κ2) is 6.29. The van der Waals surface area contributed by atoms with E-state index in [0.717, 1.165) is 16.3 Å². The summed E-state index contributed by atoms with van der Waals surface area (Å²) < 4.78 is 1.85. The summed E-state index contributed by atoms with van der Waals surface area (Å²) in [5, 5.41) is 16.4. The van der Waals surface area contributed by atoms with Gasteiger partial charge in [-0.3, -0.25) is 14.8 Å². The third-order valence-corrected chi connectivity index (χ3v) is 4.28. The lowest BCUT2D eigenvalue weighted by atomic mass is 10.2. The van der Waals surface area contributed by atoms with Crippen molar-refractivity contribution in [3.05, 3.63) is 57.9 Å². The summed E-state index contributed by atoms with van der Waals surface area (Å²) in [6.45, 7) is 6.23. The lowest BCUT2D eigenvalue weighted by Gasteiger charge is -2.05. The van der Waals surface area contributed by atoms with Gasteiger partial charge < -0.3 is 0 Å². The van der Waals surface area contributed by atoms with Gasteiger partial charge >= 0.3 is 0 Å². The quantitative estimate of drug-likeness (QED) is 0.799. The molecule has 1 amide bonds. The molecule has 0 unspecified atom stereocenters. The van der Waals surface area contributed by atoms with Crippen molar-refractivity contribution in [2.45, 2.75) is 27.3 Å². The van der Waals surface area contributed by atoms with Gasteiger partial charge in [-0.15, -0.1) is 10.2 Å². The first-order valence-corrected chi connectivity index (χ1v) is 8.05. The molecule has 23 heavy (non-hydrogen) atoms. The Kier molecular flexibility index (Phi) is 4.20. The minimum Gasteiger partial charge on any atom is -0.296 e. The zero-order chi connectivity index (χ0) is 16.4. The first-order chi connectivity index (χ1) is 11.0. The molecule has 3 aromatic rings. The van der Waals surface area contributed by atoms with Gasteiger partial charge in [0.1, 0.15) is 5.01 Å². The number of aryl methyl sites for hydroxylation is 2. The second-order valence-electron chi connectivity index (χ2n) is 5.27. The van der Waals surface area contributed by atoms with E-state index in [1.54, 1.807) is 0 Å². The summed E-state index contributed by atoms with van der Waals surface area (Å²) in [6, 6.07) is 10.0. The smallest absolute Gasteiger partial charge is 0.261 e. The molecule has 0 aliphatic rings. The summed E-state index contributed by atoms with van der Waals surface area (Å²) in [5.74, 6) is -0.199. The molecule has 2 heterocycles. The van der Waals surface area contributed by atoms with Crippen LogP contribution >= 0.6 is 11.3 Å². The predicted octanol–water partition coefficient (Wildman–Crippen LogP) is 2.96. The monoisotopic (exact) mass is 327 g/mol. The molecule has 0 fully saturated rings. The van der Waals surface area contributed by atoms with Crippen LogP contribution in [0.1, 0.15) is 32.3 Å². The van der Waals surface area contributed by atoms with Crippen molar-refractivity contribution in [3.8, 4) is 0 Å². The Hall–Kier alpha value is -2.54. The highest BCUT2D eigenvalue weighted by atomic mass is 32.1. The first-order valence-electron chi connectivity index (χ1n) is 7.24. The zero-order valence-electron chi connectivity index (χ0n) is 13.2. The summed E-state index contributed by atoms with van der Waals surface area (Å²) in [5.41, 5.74) is 3.28. The van der Waals surface area contributed by atoms with Crippen molar-refractivity contribution < 1.29 is 4.79 Å². The number of nitrogens with zero attached hydrogens (tertiary/aromatic N) is 4. The molecule has 6 nitrogen and oxygen atoms in total. The molecule has 0 saturated carbocycles. The molecule has 0 aliphatic heterocycles. The van der Waals surface area contributed by atoms with E-state index in [1.807, 2.05) is 55.8 Å². The van der Waals surface area contributed by atoms with E-state index < -0.39 is 0 Å². The Balaban J connectivity index is 1.84. The number of aromatic nitrogens is 4. The SMILES string of the molecule is Cc1nnc(NC(=O)c2c(C)nn(Cc3ccccc3)c2C)s1. The molecule has 0 atom stereocenters. The zero-order valence-corrected chi connectivity index (χ0v) is 14.0. The maximum absolute atomic E-state index is 12.5. The van der Waals surface area contributed by atoms with E-state index in [4.69, 9.17) is 0 Å². The lowest BCUT2D eigenvalue weighted by molar-refractivity contribution is 0.102. The number of rotatable bonds is 4. The Labute approximate surface area is 138 Å². The Morgan fingerprint density at radius 3 is 2.57 bits per heavy atom. The number of benzene rings is 1. The van der Waals surface area contributed by atoms with E-state index >= 15 is 0 Å². The highest BCUT2D eigenvalue weighted by Crippen LogP contribution is 2.19. The van der Waals surface area contributed by atoms with Crippen LogP contribution in [0.25, 0.3) is 0 Å². The van der Waals surface area contributed by atoms with Gasteiger partial charge in [-0.1, -0.05) is 41.7 Å². The van der Waals surface area contributed by atoms with Crippen LogP contribution in [0.5, 0.6) is 0 Å². The molecule has 0 bridgehead atoms. The van der Waals surface area contributed by atoms with Crippen molar-refractivity contribution in [3.63, 3.8) is 0 Å². The van der Waals surface area contributed by atoms with Crippen LogP contribution in [0.3, 0.4) is 0 Å². The van der Waals surface area contributed by atoms with Gasteiger partial charge in [0.2, 0.25) is 5.13 Å². The van der Waals surface area contributed by atoms with Crippen molar-refractivity contribution in [2.75, 3.05) is 5.32 Å². The largest absolute Gasteiger partial charge is 0.296 e. The molecule has 118 valence electrons. The maximum atomic E-state index is 12.5. The minimum atomic E-state index is -0.199. The van der Waals surface area contributed by atoms with E-state index in [2.05, 4.69) is 20.6 Å². The van der Waals surface area contributed by atoms with E-state index in [1.165, 1.54) is 11.3 Å². The maximum Gasteiger partial charge on any atom is 0.261 e. The topological polar surface area (TPSA) is 72.7 Å². The van der Waals surface area contributed by atoms with Gasteiger partial charge in [0.15, 0.2) is 0 Å². The average molecular weight is 327 g/mol. The second-order valence-corrected chi connectivity index (χ2v) is 6.45. The van der Waals surface area contributed by atoms with Gasteiger partial charge in [0, 0.05) is 5.69 Å². The van der Waals surface area contributed by atoms with Crippen LogP contribution in [-0.4, -0.2) is 25.9 Å². The minimum absolute atomic E-state index is 0.199. The molecule has 2 aromatic heterocycles. The van der Waals surface area contributed by atoms with Crippen LogP contribution in [0.15, 0.2) is 30.3 Å². The molecule has 0 aliphatic carbocycles.